The third-order valence-corrected chi connectivity index (χ3v) is 4.04. The van der Waals surface area contributed by atoms with Crippen LogP contribution in [-0.2, 0) is 14.3 Å². The van der Waals surface area contributed by atoms with E-state index in [0.29, 0.717) is 0 Å². The molecule has 1 aromatic heterocycles. The van der Waals surface area contributed by atoms with Gasteiger partial charge in [-0.25, -0.2) is 19.1 Å². The van der Waals surface area contributed by atoms with Crippen molar-refractivity contribution in [3.63, 3.8) is 0 Å². The van der Waals surface area contributed by atoms with Crippen LogP contribution in [0.5, 0.6) is 5.75 Å². The summed E-state index contributed by atoms with van der Waals surface area (Å²) in [7, 11) is 1.41. The smallest absolute Gasteiger partial charge is 0.363 e. The number of hydrogen-bond acceptors (Lipinski definition) is 7. The van der Waals surface area contributed by atoms with Crippen molar-refractivity contribution < 1.29 is 28.6 Å². The van der Waals surface area contributed by atoms with E-state index < -0.39 is 18.0 Å². The second-order valence-electron chi connectivity index (χ2n) is 5.89. The number of nitrogens with zero attached hydrogens (tertiary/aromatic N) is 2. The van der Waals surface area contributed by atoms with Crippen LogP contribution >= 0.6 is 0 Å². The Kier molecular flexibility index (Phi) is 6.12. The summed E-state index contributed by atoms with van der Waals surface area (Å²) in [4.78, 5) is 36.2. The molecule has 0 spiro atoms. The molecular weight excluding hydrogens is 380 g/mol. The highest BCUT2D eigenvalue weighted by molar-refractivity contribution is 5.94. The van der Waals surface area contributed by atoms with Crippen LogP contribution in [0, 0.1) is 0 Å². The van der Waals surface area contributed by atoms with E-state index in [-0.39, 0.29) is 42.5 Å². The highest BCUT2D eigenvalue weighted by Crippen LogP contribution is 2.21. The van der Waals surface area contributed by atoms with Crippen LogP contribution in [0.25, 0.3) is 5.69 Å². The van der Waals surface area contributed by atoms with Gasteiger partial charge < -0.3 is 24.8 Å². The average Bonchev–Trinajstić information content (AvgIpc) is 3.17. The Labute approximate surface area is 166 Å². The number of para-hydroxylation sites is 1. The minimum Gasteiger partial charge on any atom is -0.493 e. The summed E-state index contributed by atoms with van der Waals surface area (Å²) in [6.45, 7) is 1.49. The zero-order chi connectivity index (χ0) is 20.8. The lowest BCUT2D eigenvalue weighted by Crippen LogP contribution is -2.45. The van der Waals surface area contributed by atoms with Crippen molar-refractivity contribution in [3.05, 3.63) is 53.5 Å². The number of ether oxygens (including phenoxy) is 3. The monoisotopic (exact) mass is 400 g/mol. The molecule has 152 valence electrons. The van der Waals surface area contributed by atoms with Crippen LogP contribution < -0.4 is 15.4 Å². The molecule has 10 heteroatoms. The number of rotatable bonds is 7. The number of esters is 2. The molecule has 0 saturated heterocycles. The van der Waals surface area contributed by atoms with Gasteiger partial charge in [0.1, 0.15) is 6.61 Å². The number of carbonyl (C=O) groups is 3. The van der Waals surface area contributed by atoms with Crippen molar-refractivity contribution in [2.45, 2.75) is 6.92 Å². The van der Waals surface area contributed by atoms with Crippen LogP contribution in [0.15, 0.2) is 47.8 Å². The molecule has 1 aliphatic heterocycles. The number of aromatic nitrogens is 2. The Balaban J connectivity index is 1.78. The fraction of sp³-hybridized carbons (Fsp3) is 0.263. The minimum atomic E-state index is -0.764. The third-order valence-electron chi connectivity index (χ3n) is 4.04. The molecule has 29 heavy (non-hydrogen) atoms. The number of benzene rings is 1. The Morgan fingerprint density at radius 3 is 2.62 bits per heavy atom. The van der Waals surface area contributed by atoms with Crippen molar-refractivity contribution in [2.24, 2.45) is 0 Å². The molecule has 2 amide bonds. The molecule has 2 N–H and O–H groups in total. The molecule has 0 bridgehead atoms. The van der Waals surface area contributed by atoms with Gasteiger partial charge in [-0.1, -0.05) is 18.2 Å². The molecule has 10 nitrogen and oxygen atoms in total. The zero-order valence-corrected chi connectivity index (χ0v) is 15.9. The van der Waals surface area contributed by atoms with Gasteiger partial charge in [0, 0.05) is 0 Å². The Morgan fingerprint density at radius 2 is 1.93 bits per heavy atom. The van der Waals surface area contributed by atoms with Crippen molar-refractivity contribution in [1.82, 2.24) is 20.4 Å². The van der Waals surface area contributed by atoms with Crippen LogP contribution in [0.3, 0.4) is 0 Å². The molecule has 0 aliphatic carbocycles. The molecule has 3 rings (SSSR count). The van der Waals surface area contributed by atoms with Crippen molar-refractivity contribution in [1.29, 1.82) is 0 Å². The zero-order valence-electron chi connectivity index (χ0n) is 15.9. The van der Waals surface area contributed by atoms with Gasteiger partial charge in [0.2, 0.25) is 5.69 Å². The maximum Gasteiger partial charge on any atom is 0.363 e. The lowest BCUT2D eigenvalue weighted by atomic mass is 10.2. The fourth-order valence-electron chi connectivity index (χ4n) is 2.64. The summed E-state index contributed by atoms with van der Waals surface area (Å²) < 4.78 is 16.9. The van der Waals surface area contributed by atoms with Crippen LogP contribution in [0.1, 0.15) is 17.4 Å². The predicted molar refractivity (Wildman–Crippen MR) is 101 cm³/mol. The summed E-state index contributed by atoms with van der Waals surface area (Å²) in [5, 5.41) is 9.17. The highest BCUT2D eigenvalue weighted by Gasteiger charge is 2.26. The standard InChI is InChI=1S/C19H20N4O6/c1-3-28-17(24)13-9-20-19(26)21-14(13)11-29-18(25)16-15(27-2)10-23(22-16)12-7-5-4-6-8-12/h4-8,10H,3,9,11H2,1-2H3,(H2,20,21,26). The first-order chi connectivity index (χ1) is 14.0. The number of carbonyl (C=O) groups excluding carboxylic acids is 3. The van der Waals surface area contributed by atoms with E-state index in [1.54, 1.807) is 13.1 Å². The summed E-state index contributed by atoms with van der Waals surface area (Å²) in [5.41, 5.74) is 1.04. The van der Waals surface area contributed by atoms with Crippen molar-refractivity contribution >= 4 is 18.0 Å². The van der Waals surface area contributed by atoms with Gasteiger partial charge in [0.25, 0.3) is 0 Å². The third kappa shape index (κ3) is 4.54. The second-order valence-corrected chi connectivity index (χ2v) is 5.89. The van der Waals surface area contributed by atoms with Crippen LogP contribution in [-0.4, -0.2) is 54.6 Å². The Hall–Kier alpha value is -3.82. The Morgan fingerprint density at radius 1 is 1.17 bits per heavy atom. The summed E-state index contributed by atoms with van der Waals surface area (Å²) in [5.74, 6) is -1.13. The average molecular weight is 400 g/mol. The number of hydrogen-bond donors (Lipinski definition) is 2. The van der Waals surface area contributed by atoms with Gasteiger partial charge in [-0.05, 0) is 19.1 Å². The summed E-state index contributed by atoms with van der Waals surface area (Å²) >= 11 is 0. The normalized spacial score (nSPS) is 13.4. The van der Waals surface area contributed by atoms with Gasteiger partial charge in [-0.2, -0.15) is 5.10 Å². The van der Waals surface area contributed by atoms with Crippen LogP contribution in [0.4, 0.5) is 4.79 Å². The number of nitrogens with one attached hydrogen (secondary N) is 2. The molecule has 1 aromatic carbocycles. The Bertz CT molecular complexity index is 951. The van der Waals surface area contributed by atoms with E-state index in [4.69, 9.17) is 14.2 Å². The fourth-order valence-corrected chi connectivity index (χ4v) is 2.64. The summed E-state index contributed by atoms with van der Waals surface area (Å²) in [6, 6.07) is 8.68. The van der Waals surface area contributed by atoms with E-state index >= 15 is 0 Å². The lowest BCUT2D eigenvalue weighted by Gasteiger charge is -2.21. The van der Waals surface area contributed by atoms with E-state index in [0.717, 1.165) is 5.69 Å². The van der Waals surface area contributed by atoms with Crippen molar-refractivity contribution in [2.75, 3.05) is 26.9 Å². The first kappa shape index (κ1) is 19.9. The van der Waals surface area contributed by atoms with Gasteiger partial charge in [-0.3, -0.25) is 0 Å². The largest absolute Gasteiger partial charge is 0.493 e. The molecule has 2 aromatic rings. The van der Waals surface area contributed by atoms with E-state index in [1.165, 1.54) is 11.8 Å². The topological polar surface area (TPSA) is 121 Å². The van der Waals surface area contributed by atoms with Gasteiger partial charge >= 0.3 is 18.0 Å². The molecule has 1 aliphatic rings. The first-order valence-electron chi connectivity index (χ1n) is 8.83. The molecule has 0 saturated carbocycles. The SMILES string of the molecule is CCOC(=O)C1=C(COC(=O)c2nn(-c3ccccc3)cc2OC)NC(=O)NC1. The molecule has 0 radical (unpaired) electrons. The van der Waals surface area contributed by atoms with Crippen LogP contribution in [0.2, 0.25) is 0 Å². The van der Waals surface area contributed by atoms with E-state index in [1.807, 2.05) is 30.3 Å². The minimum absolute atomic E-state index is 0.0243. The maximum atomic E-state index is 12.6. The predicted octanol–water partition coefficient (Wildman–Crippen LogP) is 1.17. The molecular formula is C19H20N4O6. The molecule has 0 unspecified atom stereocenters. The lowest BCUT2D eigenvalue weighted by molar-refractivity contribution is -0.138. The molecule has 0 atom stereocenters. The van der Waals surface area contributed by atoms with Gasteiger partial charge in [0.05, 0.1) is 43.4 Å². The number of urea groups is 1. The second kappa shape index (κ2) is 8.91. The number of amides is 2. The maximum absolute atomic E-state index is 12.6. The molecule has 2 heterocycles. The van der Waals surface area contributed by atoms with Gasteiger partial charge in [0.15, 0.2) is 5.75 Å². The van der Waals surface area contributed by atoms with E-state index in [9.17, 15) is 14.4 Å². The summed E-state index contributed by atoms with van der Waals surface area (Å²) in [6.07, 6.45) is 1.56. The first-order valence-corrected chi connectivity index (χ1v) is 8.83. The highest BCUT2D eigenvalue weighted by atomic mass is 16.5. The van der Waals surface area contributed by atoms with Crippen molar-refractivity contribution in [3.8, 4) is 11.4 Å². The molecule has 0 fully saturated rings. The van der Waals surface area contributed by atoms with E-state index in [2.05, 4.69) is 15.7 Å². The number of methoxy groups -OCH3 is 1. The van der Waals surface area contributed by atoms with Gasteiger partial charge in [-0.15, -0.1) is 0 Å². The quantitative estimate of drug-likeness (QED) is 0.669.